The van der Waals surface area contributed by atoms with Crippen LogP contribution in [0.5, 0.6) is 0 Å². The highest BCUT2D eigenvalue weighted by atomic mass is 79.9. The normalized spacial score (nSPS) is 21.7. The molecule has 118 valence electrons. The van der Waals surface area contributed by atoms with Gasteiger partial charge < -0.3 is 4.90 Å². The summed E-state index contributed by atoms with van der Waals surface area (Å²) in [5, 5.41) is 0. The molecule has 0 spiro atoms. The lowest BCUT2D eigenvalue weighted by Gasteiger charge is -2.22. The van der Waals surface area contributed by atoms with Crippen molar-refractivity contribution < 1.29 is 8.42 Å². The SMILES string of the molecule is CC1=C(c2cccc(Br)c2)S(=O)(=O)N=C1N1CCCCCC1. The lowest BCUT2D eigenvalue weighted by Crippen LogP contribution is -2.31. The molecule has 2 aliphatic heterocycles. The number of likely N-dealkylation sites (tertiary alicyclic amines) is 1. The van der Waals surface area contributed by atoms with Crippen LogP contribution in [0.1, 0.15) is 38.2 Å². The Morgan fingerprint density at radius 2 is 1.82 bits per heavy atom. The molecule has 3 rings (SSSR count). The van der Waals surface area contributed by atoms with Gasteiger partial charge in [0.1, 0.15) is 10.7 Å². The fourth-order valence-corrected chi connectivity index (χ4v) is 4.97. The van der Waals surface area contributed by atoms with Crippen LogP contribution in [0.2, 0.25) is 0 Å². The number of halogens is 1. The van der Waals surface area contributed by atoms with Crippen molar-refractivity contribution >= 4 is 36.7 Å². The zero-order chi connectivity index (χ0) is 15.7. The summed E-state index contributed by atoms with van der Waals surface area (Å²) in [6.07, 6.45) is 4.60. The molecule has 4 nitrogen and oxygen atoms in total. The molecule has 2 heterocycles. The van der Waals surface area contributed by atoms with Crippen LogP contribution < -0.4 is 0 Å². The van der Waals surface area contributed by atoms with Crippen molar-refractivity contribution in [3.63, 3.8) is 0 Å². The smallest absolute Gasteiger partial charge is 0.285 e. The maximum atomic E-state index is 12.5. The summed E-state index contributed by atoms with van der Waals surface area (Å²) in [5.41, 5.74) is 1.46. The molecule has 0 amide bonds. The molecule has 0 N–H and O–H groups in total. The van der Waals surface area contributed by atoms with Crippen LogP contribution in [0, 0.1) is 0 Å². The molecule has 0 aliphatic carbocycles. The van der Waals surface area contributed by atoms with Crippen LogP contribution in [0.3, 0.4) is 0 Å². The van der Waals surface area contributed by atoms with E-state index in [4.69, 9.17) is 0 Å². The van der Waals surface area contributed by atoms with Crippen molar-refractivity contribution in [1.29, 1.82) is 0 Å². The van der Waals surface area contributed by atoms with E-state index < -0.39 is 10.0 Å². The number of amidine groups is 1. The number of rotatable bonds is 1. The first-order valence-corrected chi connectivity index (χ1v) is 9.79. The first kappa shape index (κ1) is 15.7. The molecule has 0 unspecified atom stereocenters. The van der Waals surface area contributed by atoms with Crippen molar-refractivity contribution in [3.05, 3.63) is 39.9 Å². The molecular weight excluding hydrogens is 364 g/mol. The Kier molecular flexibility index (Phi) is 4.41. The first-order chi connectivity index (χ1) is 10.5. The second kappa shape index (κ2) is 6.16. The van der Waals surface area contributed by atoms with Gasteiger partial charge in [0.05, 0.1) is 0 Å². The zero-order valence-corrected chi connectivity index (χ0v) is 15.0. The Labute approximate surface area is 140 Å². The summed E-state index contributed by atoms with van der Waals surface area (Å²) >= 11 is 3.40. The Hall–Kier alpha value is -1.14. The fraction of sp³-hybridized carbons (Fsp3) is 0.438. The number of hydrogen-bond donors (Lipinski definition) is 0. The van der Waals surface area contributed by atoms with Gasteiger partial charge in [-0.3, -0.25) is 0 Å². The molecule has 0 bridgehead atoms. The standard InChI is InChI=1S/C16H19BrN2O2S/c1-12-15(13-7-6-8-14(17)11-13)22(20,21)18-16(12)19-9-4-2-3-5-10-19/h6-8,11H,2-5,9-10H2,1H3. The third-order valence-electron chi connectivity index (χ3n) is 4.13. The van der Waals surface area contributed by atoms with Gasteiger partial charge in [-0.15, -0.1) is 4.40 Å². The van der Waals surface area contributed by atoms with E-state index in [9.17, 15) is 8.42 Å². The number of benzene rings is 1. The summed E-state index contributed by atoms with van der Waals surface area (Å²) < 4.78 is 30.0. The number of hydrogen-bond acceptors (Lipinski definition) is 3. The first-order valence-electron chi connectivity index (χ1n) is 7.56. The quantitative estimate of drug-likeness (QED) is 0.741. The van der Waals surface area contributed by atoms with Gasteiger partial charge >= 0.3 is 0 Å². The lowest BCUT2D eigenvalue weighted by molar-refractivity contribution is 0.436. The van der Waals surface area contributed by atoms with Crippen LogP contribution >= 0.6 is 15.9 Å². The fourth-order valence-electron chi connectivity index (χ4n) is 3.10. The second-order valence-electron chi connectivity index (χ2n) is 5.76. The Morgan fingerprint density at radius 1 is 1.14 bits per heavy atom. The highest BCUT2D eigenvalue weighted by molar-refractivity contribution is 9.10. The van der Waals surface area contributed by atoms with Gasteiger partial charge in [-0.05, 0) is 37.5 Å². The van der Waals surface area contributed by atoms with Crippen molar-refractivity contribution in [2.45, 2.75) is 32.6 Å². The summed E-state index contributed by atoms with van der Waals surface area (Å²) in [6, 6.07) is 7.38. The molecule has 22 heavy (non-hydrogen) atoms. The maximum absolute atomic E-state index is 12.5. The Morgan fingerprint density at radius 3 is 2.45 bits per heavy atom. The molecule has 0 saturated carbocycles. The second-order valence-corrected chi connectivity index (χ2v) is 8.21. The van der Waals surface area contributed by atoms with Crippen LogP contribution in [0.4, 0.5) is 0 Å². The van der Waals surface area contributed by atoms with Gasteiger partial charge in [0, 0.05) is 23.1 Å². The van der Waals surface area contributed by atoms with E-state index in [1.165, 1.54) is 12.8 Å². The van der Waals surface area contributed by atoms with Crippen LogP contribution in [0.25, 0.3) is 4.91 Å². The molecule has 1 saturated heterocycles. The van der Waals surface area contributed by atoms with Gasteiger partial charge in [-0.2, -0.15) is 8.42 Å². The predicted octanol–water partition coefficient (Wildman–Crippen LogP) is 3.80. The van der Waals surface area contributed by atoms with E-state index in [2.05, 4.69) is 25.2 Å². The van der Waals surface area contributed by atoms with E-state index in [0.29, 0.717) is 16.3 Å². The van der Waals surface area contributed by atoms with E-state index in [1.807, 2.05) is 31.2 Å². The van der Waals surface area contributed by atoms with Crippen molar-refractivity contribution in [1.82, 2.24) is 4.90 Å². The number of nitrogens with zero attached hydrogens (tertiary/aromatic N) is 2. The topological polar surface area (TPSA) is 49.7 Å². The van der Waals surface area contributed by atoms with Gasteiger partial charge in [-0.1, -0.05) is 40.9 Å². The summed E-state index contributed by atoms with van der Waals surface area (Å²) in [4.78, 5) is 2.47. The molecule has 0 radical (unpaired) electrons. The molecule has 1 fully saturated rings. The van der Waals surface area contributed by atoms with E-state index >= 15 is 0 Å². The monoisotopic (exact) mass is 382 g/mol. The predicted molar refractivity (Wildman–Crippen MR) is 93.1 cm³/mol. The minimum Gasteiger partial charge on any atom is -0.356 e. The largest absolute Gasteiger partial charge is 0.356 e. The van der Waals surface area contributed by atoms with E-state index in [0.717, 1.165) is 36.0 Å². The molecule has 2 aliphatic rings. The maximum Gasteiger partial charge on any atom is 0.285 e. The van der Waals surface area contributed by atoms with Crippen LogP contribution in [0.15, 0.2) is 38.7 Å². The summed E-state index contributed by atoms with van der Waals surface area (Å²) in [5.74, 6) is 0.636. The molecular formula is C16H19BrN2O2S. The van der Waals surface area contributed by atoms with Gasteiger partial charge in [-0.25, -0.2) is 0 Å². The molecule has 1 aromatic rings. The van der Waals surface area contributed by atoms with Gasteiger partial charge in [0.25, 0.3) is 10.0 Å². The number of sulfonamides is 1. The molecule has 6 heteroatoms. The van der Waals surface area contributed by atoms with E-state index in [1.54, 1.807) is 0 Å². The average Bonchev–Trinajstić information content (AvgIpc) is 2.64. The zero-order valence-electron chi connectivity index (χ0n) is 12.5. The molecule has 0 aromatic heterocycles. The summed E-state index contributed by atoms with van der Waals surface area (Å²) in [7, 11) is -3.61. The summed E-state index contributed by atoms with van der Waals surface area (Å²) in [6.45, 7) is 3.64. The van der Waals surface area contributed by atoms with Crippen LogP contribution in [-0.4, -0.2) is 32.2 Å². The highest BCUT2D eigenvalue weighted by Crippen LogP contribution is 2.35. The minimum atomic E-state index is -3.61. The van der Waals surface area contributed by atoms with Crippen molar-refractivity contribution in [2.75, 3.05) is 13.1 Å². The lowest BCUT2D eigenvalue weighted by atomic mass is 10.1. The van der Waals surface area contributed by atoms with Crippen LogP contribution in [-0.2, 0) is 10.0 Å². The third kappa shape index (κ3) is 2.99. The van der Waals surface area contributed by atoms with Crippen molar-refractivity contribution in [3.8, 4) is 0 Å². The van der Waals surface area contributed by atoms with Crippen molar-refractivity contribution in [2.24, 2.45) is 4.40 Å². The highest BCUT2D eigenvalue weighted by Gasteiger charge is 2.33. The minimum absolute atomic E-state index is 0.341. The Balaban J connectivity index is 2.03. The molecule has 1 aromatic carbocycles. The van der Waals surface area contributed by atoms with Gasteiger partial charge in [0.2, 0.25) is 0 Å². The average molecular weight is 383 g/mol. The van der Waals surface area contributed by atoms with Gasteiger partial charge in [0.15, 0.2) is 0 Å². The van der Waals surface area contributed by atoms with E-state index in [-0.39, 0.29) is 0 Å². The molecule has 0 atom stereocenters. The Bertz CT molecular complexity index is 745. The third-order valence-corrected chi connectivity index (χ3v) is 6.10.